The van der Waals surface area contributed by atoms with Crippen molar-refractivity contribution in [3.8, 4) is 11.3 Å². The Morgan fingerprint density at radius 1 is 1.41 bits per heavy atom. The van der Waals surface area contributed by atoms with Crippen LogP contribution in [0, 0.1) is 5.82 Å². The Bertz CT molecular complexity index is 758. The average molecular weight is 373 g/mol. The molecule has 0 saturated carbocycles. The van der Waals surface area contributed by atoms with Gasteiger partial charge in [-0.15, -0.1) is 0 Å². The van der Waals surface area contributed by atoms with Gasteiger partial charge in [-0.05, 0) is 57.5 Å². The smallest absolute Gasteiger partial charge is 0.317 e. The summed E-state index contributed by atoms with van der Waals surface area (Å²) in [6.45, 7) is 6.58. The predicted octanol–water partition coefficient (Wildman–Crippen LogP) is 3.23. The van der Waals surface area contributed by atoms with Crippen molar-refractivity contribution in [3.05, 3.63) is 41.8 Å². The molecule has 2 amide bonds. The summed E-state index contributed by atoms with van der Waals surface area (Å²) < 4.78 is 13.1. The second-order valence-corrected chi connectivity index (χ2v) is 7.45. The molecule has 0 aliphatic carbocycles. The maximum Gasteiger partial charge on any atom is 0.317 e. The van der Waals surface area contributed by atoms with Crippen LogP contribution < -0.4 is 5.32 Å². The molecule has 1 fully saturated rings. The van der Waals surface area contributed by atoms with E-state index in [2.05, 4.69) is 34.3 Å². The largest absolute Gasteiger partial charge is 0.336 e. The molecular weight excluding hydrogens is 345 g/mol. The lowest BCUT2D eigenvalue weighted by Gasteiger charge is -2.29. The fourth-order valence-electron chi connectivity index (χ4n) is 3.72. The first-order valence-electron chi connectivity index (χ1n) is 9.48. The van der Waals surface area contributed by atoms with Crippen molar-refractivity contribution in [3.63, 3.8) is 0 Å². The van der Waals surface area contributed by atoms with Gasteiger partial charge in [-0.25, -0.2) is 9.18 Å². The highest BCUT2D eigenvalue weighted by Gasteiger charge is 2.27. The summed E-state index contributed by atoms with van der Waals surface area (Å²) in [5, 5.41) is 10.1. The SMILES string of the molecule is CC(C)N1CCCC1CNC(=O)N(C)Cc1cn[nH]c1-c1ccc(F)cc1. The van der Waals surface area contributed by atoms with Gasteiger partial charge in [0.1, 0.15) is 5.82 Å². The number of amides is 2. The molecule has 3 rings (SSSR count). The van der Waals surface area contributed by atoms with Crippen molar-refractivity contribution in [2.75, 3.05) is 20.1 Å². The highest BCUT2D eigenvalue weighted by Crippen LogP contribution is 2.22. The number of rotatable bonds is 6. The van der Waals surface area contributed by atoms with Crippen LogP contribution in [0.1, 0.15) is 32.3 Å². The number of carbonyl (C=O) groups is 1. The van der Waals surface area contributed by atoms with Gasteiger partial charge in [-0.2, -0.15) is 5.10 Å². The first-order valence-corrected chi connectivity index (χ1v) is 9.48. The van der Waals surface area contributed by atoms with E-state index >= 15 is 0 Å². The minimum Gasteiger partial charge on any atom is -0.336 e. The zero-order valence-electron chi connectivity index (χ0n) is 16.2. The molecule has 146 valence electrons. The van der Waals surface area contributed by atoms with Crippen LogP contribution in [0.25, 0.3) is 11.3 Å². The van der Waals surface area contributed by atoms with Crippen LogP contribution in [0.2, 0.25) is 0 Å². The number of hydrogen-bond donors (Lipinski definition) is 2. The number of H-pyrrole nitrogens is 1. The normalized spacial score (nSPS) is 17.4. The lowest BCUT2D eigenvalue weighted by atomic mass is 10.1. The van der Waals surface area contributed by atoms with Crippen LogP contribution in [-0.2, 0) is 6.54 Å². The Hall–Kier alpha value is -2.41. The van der Waals surface area contributed by atoms with Gasteiger partial charge in [0.2, 0.25) is 0 Å². The van der Waals surface area contributed by atoms with Gasteiger partial charge in [0.25, 0.3) is 0 Å². The number of aromatic amines is 1. The number of carbonyl (C=O) groups excluding carboxylic acids is 1. The zero-order valence-corrected chi connectivity index (χ0v) is 16.2. The summed E-state index contributed by atoms with van der Waals surface area (Å²) in [5.74, 6) is -0.279. The summed E-state index contributed by atoms with van der Waals surface area (Å²) in [6.07, 6.45) is 4.02. The number of nitrogens with one attached hydrogen (secondary N) is 2. The van der Waals surface area contributed by atoms with Gasteiger partial charge in [0.15, 0.2) is 0 Å². The van der Waals surface area contributed by atoms with Crippen LogP contribution in [0.4, 0.5) is 9.18 Å². The summed E-state index contributed by atoms with van der Waals surface area (Å²) in [7, 11) is 1.77. The van der Waals surface area contributed by atoms with E-state index in [-0.39, 0.29) is 11.8 Å². The molecule has 1 atom stereocenters. The van der Waals surface area contributed by atoms with Crippen molar-refractivity contribution in [2.24, 2.45) is 0 Å². The number of urea groups is 1. The number of hydrogen-bond acceptors (Lipinski definition) is 3. The van der Waals surface area contributed by atoms with Crippen molar-refractivity contribution >= 4 is 6.03 Å². The van der Waals surface area contributed by atoms with Crippen molar-refractivity contribution in [2.45, 2.75) is 45.3 Å². The van der Waals surface area contributed by atoms with Crippen molar-refractivity contribution < 1.29 is 9.18 Å². The summed E-state index contributed by atoms with van der Waals surface area (Å²) in [5.41, 5.74) is 2.54. The fraction of sp³-hybridized carbons (Fsp3) is 0.500. The molecule has 0 spiro atoms. The Labute approximate surface area is 159 Å². The molecule has 27 heavy (non-hydrogen) atoms. The van der Waals surface area contributed by atoms with Crippen LogP contribution in [0.15, 0.2) is 30.5 Å². The number of likely N-dealkylation sites (tertiary alicyclic amines) is 1. The Morgan fingerprint density at radius 2 is 2.15 bits per heavy atom. The maximum absolute atomic E-state index is 13.1. The molecule has 1 unspecified atom stereocenters. The molecule has 0 radical (unpaired) electrons. The highest BCUT2D eigenvalue weighted by atomic mass is 19.1. The number of halogens is 1. The molecule has 6 nitrogen and oxygen atoms in total. The molecule has 2 N–H and O–H groups in total. The predicted molar refractivity (Wildman–Crippen MR) is 104 cm³/mol. The monoisotopic (exact) mass is 373 g/mol. The van der Waals surface area contributed by atoms with E-state index in [0.29, 0.717) is 25.2 Å². The van der Waals surface area contributed by atoms with Gasteiger partial charge in [0, 0.05) is 36.8 Å². The molecule has 7 heteroatoms. The van der Waals surface area contributed by atoms with E-state index in [1.54, 1.807) is 30.3 Å². The van der Waals surface area contributed by atoms with Crippen LogP contribution in [-0.4, -0.2) is 58.2 Å². The molecular formula is C20H28FN5O. The molecule has 2 heterocycles. The van der Waals surface area contributed by atoms with E-state index in [1.807, 2.05) is 0 Å². The Balaban J connectivity index is 1.57. The third-order valence-electron chi connectivity index (χ3n) is 5.18. The maximum atomic E-state index is 13.1. The van der Waals surface area contributed by atoms with Gasteiger partial charge >= 0.3 is 6.03 Å². The Kier molecular flexibility index (Phi) is 6.11. The summed E-state index contributed by atoms with van der Waals surface area (Å²) in [6, 6.07) is 7.04. The molecule has 1 aromatic carbocycles. The highest BCUT2D eigenvalue weighted by molar-refractivity contribution is 5.74. The van der Waals surface area contributed by atoms with E-state index in [4.69, 9.17) is 0 Å². The molecule has 1 aromatic heterocycles. The van der Waals surface area contributed by atoms with Gasteiger partial charge in [-0.3, -0.25) is 10.00 Å². The third-order valence-corrected chi connectivity index (χ3v) is 5.18. The fourth-order valence-corrected chi connectivity index (χ4v) is 3.72. The van der Waals surface area contributed by atoms with Crippen molar-refractivity contribution in [1.82, 2.24) is 25.3 Å². The quantitative estimate of drug-likeness (QED) is 0.817. The summed E-state index contributed by atoms with van der Waals surface area (Å²) in [4.78, 5) is 16.6. The van der Waals surface area contributed by atoms with E-state index in [9.17, 15) is 9.18 Å². The van der Waals surface area contributed by atoms with Gasteiger partial charge in [-0.1, -0.05) is 0 Å². The minimum absolute atomic E-state index is 0.100. The van der Waals surface area contributed by atoms with E-state index in [1.165, 1.54) is 18.6 Å². The van der Waals surface area contributed by atoms with Gasteiger partial charge < -0.3 is 10.2 Å². The lowest BCUT2D eigenvalue weighted by Crippen LogP contribution is -2.46. The van der Waals surface area contributed by atoms with Gasteiger partial charge in [0.05, 0.1) is 18.4 Å². The number of benzene rings is 1. The van der Waals surface area contributed by atoms with E-state index in [0.717, 1.165) is 29.8 Å². The average Bonchev–Trinajstić information content (AvgIpc) is 3.29. The zero-order chi connectivity index (χ0) is 19.4. The Morgan fingerprint density at radius 3 is 2.85 bits per heavy atom. The topological polar surface area (TPSA) is 64.3 Å². The summed E-state index contributed by atoms with van der Waals surface area (Å²) >= 11 is 0. The second kappa shape index (κ2) is 8.52. The third kappa shape index (κ3) is 4.66. The van der Waals surface area contributed by atoms with E-state index < -0.39 is 0 Å². The molecule has 0 bridgehead atoms. The molecule has 1 aliphatic rings. The number of aromatic nitrogens is 2. The standard InChI is InChI=1S/C20H28FN5O/c1-14(2)26-10-4-5-18(26)12-22-20(27)25(3)13-16-11-23-24-19(16)15-6-8-17(21)9-7-15/h6-9,11,14,18H,4-5,10,12-13H2,1-3H3,(H,22,27)(H,23,24). The van der Waals surface area contributed by atoms with Crippen LogP contribution >= 0.6 is 0 Å². The van der Waals surface area contributed by atoms with Crippen LogP contribution in [0.3, 0.4) is 0 Å². The molecule has 1 saturated heterocycles. The first kappa shape index (κ1) is 19.4. The molecule has 1 aliphatic heterocycles. The second-order valence-electron chi connectivity index (χ2n) is 7.45. The van der Waals surface area contributed by atoms with Crippen molar-refractivity contribution in [1.29, 1.82) is 0 Å². The minimum atomic E-state index is -0.279. The van der Waals surface area contributed by atoms with Crippen LogP contribution in [0.5, 0.6) is 0 Å². The first-order chi connectivity index (χ1) is 13.0. The number of nitrogens with zero attached hydrogens (tertiary/aromatic N) is 3. The lowest BCUT2D eigenvalue weighted by molar-refractivity contribution is 0.184. The molecule has 2 aromatic rings.